The molecule has 2 aromatic rings. The third-order valence-electron chi connectivity index (χ3n) is 3.63. The van der Waals surface area contributed by atoms with E-state index >= 15 is 0 Å². The Morgan fingerprint density at radius 1 is 1.35 bits per heavy atom. The number of benzene rings is 1. The molecule has 0 spiro atoms. The van der Waals surface area contributed by atoms with Crippen LogP contribution in [0.2, 0.25) is 5.02 Å². The second-order valence-corrected chi connectivity index (χ2v) is 6.24. The Hall–Kier alpha value is -1.36. The standard InChI is InChI=1S/C15H14ClNO2S/c16-12-4-2-1-3-11(12)14(15(18)19)17-7-5-13-10(9-17)6-8-20-13/h1-4,6,8,14H,5,7,9H2,(H,18,19)/p-1. The Morgan fingerprint density at radius 3 is 2.90 bits per heavy atom. The highest BCUT2D eigenvalue weighted by atomic mass is 35.5. The maximum atomic E-state index is 11.6. The molecule has 1 aromatic carbocycles. The van der Waals surface area contributed by atoms with Crippen molar-refractivity contribution < 1.29 is 9.90 Å². The largest absolute Gasteiger partial charge is 0.548 e. The lowest BCUT2D eigenvalue weighted by Crippen LogP contribution is -2.43. The summed E-state index contributed by atoms with van der Waals surface area (Å²) < 4.78 is 0. The van der Waals surface area contributed by atoms with Crippen LogP contribution >= 0.6 is 22.9 Å². The van der Waals surface area contributed by atoms with Crippen molar-refractivity contribution in [1.29, 1.82) is 0 Å². The third-order valence-corrected chi connectivity index (χ3v) is 4.99. The Morgan fingerprint density at radius 2 is 2.15 bits per heavy atom. The molecule has 2 heterocycles. The quantitative estimate of drug-likeness (QED) is 0.873. The predicted molar refractivity (Wildman–Crippen MR) is 77.6 cm³/mol. The van der Waals surface area contributed by atoms with Crippen LogP contribution in [0.5, 0.6) is 0 Å². The van der Waals surface area contributed by atoms with E-state index in [1.165, 1.54) is 10.4 Å². The molecule has 104 valence electrons. The van der Waals surface area contributed by atoms with Crippen molar-refractivity contribution >= 4 is 28.9 Å². The molecule has 1 aromatic heterocycles. The number of halogens is 1. The van der Waals surface area contributed by atoms with E-state index in [1.54, 1.807) is 35.6 Å². The minimum Gasteiger partial charge on any atom is -0.548 e. The van der Waals surface area contributed by atoms with E-state index in [4.69, 9.17) is 11.6 Å². The summed E-state index contributed by atoms with van der Waals surface area (Å²) in [6.07, 6.45) is 0.876. The number of carbonyl (C=O) groups excluding carboxylic acids is 1. The molecule has 0 fully saturated rings. The van der Waals surface area contributed by atoms with Gasteiger partial charge in [-0.3, -0.25) is 4.90 Å². The monoisotopic (exact) mass is 306 g/mol. The average Bonchev–Trinajstić information content (AvgIpc) is 2.88. The second-order valence-electron chi connectivity index (χ2n) is 4.83. The number of aliphatic carboxylic acids is 1. The van der Waals surface area contributed by atoms with E-state index in [-0.39, 0.29) is 0 Å². The third kappa shape index (κ3) is 2.46. The van der Waals surface area contributed by atoms with Gasteiger partial charge < -0.3 is 9.90 Å². The lowest BCUT2D eigenvalue weighted by Gasteiger charge is -2.35. The molecule has 20 heavy (non-hydrogen) atoms. The van der Waals surface area contributed by atoms with Gasteiger partial charge in [0.1, 0.15) is 0 Å². The molecule has 0 N–H and O–H groups in total. The highest BCUT2D eigenvalue weighted by Gasteiger charge is 2.27. The van der Waals surface area contributed by atoms with Crippen molar-refractivity contribution in [2.24, 2.45) is 0 Å². The number of thiophene rings is 1. The van der Waals surface area contributed by atoms with Crippen molar-refractivity contribution in [3.05, 3.63) is 56.7 Å². The molecule has 5 heteroatoms. The minimum atomic E-state index is -1.10. The zero-order valence-electron chi connectivity index (χ0n) is 10.7. The van der Waals surface area contributed by atoms with Gasteiger partial charge in [0.15, 0.2) is 0 Å². The summed E-state index contributed by atoms with van der Waals surface area (Å²) in [5, 5.41) is 14.1. The van der Waals surface area contributed by atoms with Gasteiger partial charge in [0.05, 0.1) is 12.0 Å². The number of carbonyl (C=O) groups is 1. The molecule has 3 nitrogen and oxygen atoms in total. The predicted octanol–water partition coefficient (Wildman–Crippen LogP) is 2.25. The van der Waals surface area contributed by atoms with Crippen molar-refractivity contribution in [1.82, 2.24) is 4.90 Å². The van der Waals surface area contributed by atoms with Gasteiger partial charge in [0.25, 0.3) is 0 Å². The summed E-state index contributed by atoms with van der Waals surface area (Å²) >= 11 is 7.88. The SMILES string of the molecule is O=C([O-])C(c1ccccc1Cl)N1CCc2sccc2C1. The number of carboxylic acid groups (broad SMARTS) is 1. The summed E-state index contributed by atoms with van der Waals surface area (Å²) in [4.78, 5) is 14.9. The average molecular weight is 307 g/mol. The zero-order chi connectivity index (χ0) is 14.1. The van der Waals surface area contributed by atoms with Crippen LogP contribution in [0, 0.1) is 0 Å². The summed E-state index contributed by atoms with van der Waals surface area (Å²) in [6.45, 7) is 1.33. The van der Waals surface area contributed by atoms with Gasteiger partial charge in [0, 0.05) is 23.0 Å². The van der Waals surface area contributed by atoms with Gasteiger partial charge in [-0.15, -0.1) is 11.3 Å². The minimum absolute atomic E-state index is 0.470. The van der Waals surface area contributed by atoms with Crippen LogP contribution in [0.25, 0.3) is 0 Å². The molecule has 0 saturated carbocycles. The topological polar surface area (TPSA) is 43.4 Å². The Balaban J connectivity index is 1.93. The first kappa shape index (κ1) is 13.6. The highest BCUT2D eigenvalue weighted by Crippen LogP contribution is 2.32. The fraction of sp³-hybridized carbons (Fsp3) is 0.267. The molecule has 0 aliphatic carbocycles. The Labute approximate surface area is 126 Å². The van der Waals surface area contributed by atoms with Gasteiger partial charge in [-0.1, -0.05) is 29.8 Å². The van der Waals surface area contributed by atoms with Crippen molar-refractivity contribution in [3.63, 3.8) is 0 Å². The van der Waals surface area contributed by atoms with E-state index in [0.717, 1.165) is 6.42 Å². The van der Waals surface area contributed by atoms with E-state index in [2.05, 4.69) is 11.4 Å². The van der Waals surface area contributed by atoms with Crippen LogP contribution in [0.15, 0.2) is 35.7 Å². The smallest absolute Gasteiger partial charge is 0.0766 e. The molecular formula is C15H13ClNO2S-. The van der Waals surface area contributed by atoms with Crippen LogP contribution in [0.3, 0.4) is 0 Å². The number of fused-ring (bicyclic) bond motifs is 1. The molecule has 1 aliphatic heterocycles. The molecule has 0 radical (unpaired) electrons. The van der Waals surface area contributed by atoms with Crippen LogP contribution in [-0.4, -0.2) is 17.4 Å². The van der Waals surface area contributed by atoms with E-state index in [0.29, 0.717) is 23.7 Å². The lowest BCUT2D eigenvalue weighted by molar-refractivity contribution is -0.312. The fourth-order valence-electron chi connectivity index (χ4n) is 2.66. The summed E-state index contributed by atoms with van der Waals surface area (Å²) in [6, 6.07) is 8.34. The van der Waals surface area contributed by atoms with E-state index in [1.807, 2.05) is 4.90 Å². The zero-order valence-corrected chi connectivity index (χ0v) is 12.3. The Kier molecular flexibility index (Phi) is 3.78. The van der Waals surface area contributed by atoms with Gasteiger partial charge in [-0.25, -0.2) is 0 Å². The van der Waals surface area contributed by atoms with Crippen molar-refractivity contribution in [2.75, 3.05) is 6.54 Å². The van der Waals surface area contributed by atoms with Gasteiger partial charge >= 0.3 is 0 Å². The molecule has 0 bridgehead atoms. The molecule has 0 saturated heterocycles. The number of nitrogens with zero attached hydrogens (tertiary/aromatic N) is 1. The normalized spacial score (nSPS) is 16.6. The second kappa shape index (κ2) is 5.56. The number of carboxylic acids is 1. The Bertz CT molecular complexity index is 640. The lowest BCUT2D eigenvalue weighted by atomic mass is 10.0. The van der Waals surface area contributed by atoms with Crippen molar-refractivity contribution in [3.8, 4) is 0 Å². The van der Waals surface area contributed by atoms with Gasteiger partial charge in [0.2, 0.25) is 0 Å². The number of hydrogen-bond acceptors (Lipinski definition) is 4. The maximum Gasteiger partial charge on any atom is 0.0766 e. The molecule has 1 atom stereocenters. The molecule has 1 unspecified atom stereocenters. The first-order chi connectivity index (χ1) is 9.66. The van der Waals surface area contributed by atoms with Crippen LogP contribution < -0.4 is 5.11 Å². The maximum absolute atomic E-state index is 11.6. The first-order valence-corrected chi connectivity index (χ1v) is 7.67. The molecule has 1 aliphatic rings. The summed E-state index contributed by atoms with van der Waals surface area (Å²) in [7, 11) is 0. The highest BCUT2D eigenvalue weighted by molar-refractivity contribution is 7.10. The van der Waals surface area contributed by atoms with Crippen molar-refractivity contribution in [2.45, 2.75) is 19.0 Å². The summed E-state index contributed by atoms with van der Waals surface area (Å²) in [5.41, 5.74) is 1.81. The first-order valence-electron chi connectivity index (χ1n) is 6.41. The molecule has 3 rings (SSSR count). The number of rotatable bonds is 3. The van der Waals surface area contributed by atoms with Crippen LogP contribution in [0.4, 0.5) is 0 Å². The van der Waals surface area contributed by atoms with Crippen LogP contribution in [-0.2, 0) is 17.8 Å². The molecular weight excluding hydrogens is 294 g/mol. The van der Waals surface area contributed by atoms with Gasteiger partial charge in [-0.2, -0.15) is 0 Å². The number of hydrogen-bond donors (Lipinski definition) is 0. The van der Waals surface area contributed by atoms with E-state index < -0.39 is 12.0 Å². The van der Waals surface area contributed by atoms with Gasteiger partial charge in [-0.05, 0) is 35.1 Å². The molecule has 0 amide bonds. The van der Waals surface area contributed by atoms with Crippen LogP contribution in [0.1, 0.15) is 22.0 Å². The fourth-order valence-corrected chi connectivity index (χ4v) is 3.79. The van der Waals surface area contributed by atoms with E-state index in [9.17, 15) is 9.90 Å². The summed E-state index contributed by atoms with van der Waals surface area (Å²) in [5.74, 6) is -1.10.